The highest BCUT2D eigenvalue weighted by Crippen LogP contribution is 2.26. The number of hydrogen-bond acceptors (Lipinski definition) is 5. The molecule has 1 aromatic carbocycles. The van der Waals surface area contributed by atoms with Gasteiger partial charge in [0, 0.05) is 42.7 Å². The Morgan fingerprint density at radius 3 is 2.57 bits per heavy atom. The van der Waals surface area contributed by atoms with Gasteiger partial charge in [-0.3, -0.25) is 14.4 Å². The summed E-state index contributed by atoms with van der Waals surface area (Å²) >= 11 is 0. The second-order valence-electron chi connectivity index (χ2n) is 8.98. The normalized spacial score (nSPS) is 15.5. The molecule has 2 heterocycles. The molecule has 3 rings (SSSR count). The molecule has 0 spiro atoms. The fourth-order valence-electron chi connectivity index (χ4n) is 3.88. The molecule has 1 aliphatic rings. The lowest BCUT2D eigenvalue weighted by atomic mass is 10.1. The number of halogens is 2. The zero-order chi connectivity index (χ0) is 25.9. The van der Waals surface area contributed by atoms with Gasteiger partial charge in [-0.1, -0.05) is 32.9 Å². The van der Waals surface area contributed by atoms with E-state index in [1.54, 1.807) is 13.0 Å². The number of pyridine rings is 1. The molecule has 0 aliphatic carbocycles. The van der Waals surface area contributed by atoms with Crippen LogP contribution in [0.5, 0.6) is 5.75 Å². The number of rotatable bonds is 8. The maximum atomic E-state index is 13.9. The predicted octanol–water partition coefficient (Wildman–Crippen LogP) is 2.76. The van der Waals surface area contributed by atoms with Gasteiger partial charge in [0.2, 0.25) is 5.43 Å². The van der Waals surface area contributed by atoms with Crippen molar-refractivity contribution in [3.05, 3.63) is 74.8 Å². The first kappa shape index (κ1) is 26.1. The summed E-state index contributed by atoms with van der Waals surface area (Å²) in [5.41, 5.74) is -0.877. The molecule has 8 nitrogen and oxygen atoms in total. The smallest absolute Gasteiger partial charge is 0.278 e. The zero-order valence-electron chi connectivity index (χ0n) is 20.2. The predicted molar refractivity (Wildman–Crippen MR) is 127 cm³/mol. The number of aromatic hydroxyl groups is 1. The highest BCUT2D eigenvalue weighted by molar-refractivity contribution is 5.99. The van der Waals surface area contributed by atoms with Crippen LogP contribution >= 0.6 is 0 Å². The van der Waals surface area contributed by atoms with Crippen LogP contribution in [0.25, 0.3) is 0 Å². The third kappa shape index (κ3) is 5.76. The van der Waals surface area contributed by atoms with Crippen molar-refractivity contribution in [3.63, 3.8) is 0 Å². The maximum absolute atomic E-state index is 13.9. The molecule has 188 valence electrons. The molecule has 0 bridgehead atoms. The fourth-order valence-corrected chi connectivity index (χ4v) is 3.88. The summed E-state index contributed by atoms with van der Waals surface area (Å²) in [6, 6.07) is 3.23. The van der Waals surface area contributed by atoms with Crippen LogP contribution in [0.1, 0.15) is 54.1 Å². The number of carbonyl (C=O) groups excluding carboxylic acids is 2. The van der Waals surface area contributed by atoms with E-state index in [1.807, 2.05) is 20.8 Å². The molecule has 1 aliphatic heterocycles. The molecule has 0 saturated carbocycles. The molecule has 0 saturated heterocycles. The zero-order valence-corrected chi connectivity index (χ0v) is 20.2. The molecule has 35 heavy (non-hydrogen) atoms. The molecular formula is C25H30F2N4O4. The number of hydrogen-bond donors (Lipinski definition) is 3. The van der Waals surface area contributed by atoms with Gasteiger partial charge in [0.05, 0.1) is 6.54 Å². The lowest BCUT2D eigenvalue weighted by Gasteiger charge is -2.34. The number of nitrogens with one attached hydrogen (secondary N) is 2. The number of nitrogens with zero attached hydrogens (tertiary/aromatic N) is 2. The Morgan fingerprint density at radius 1 is 1.23 bits per heavy atom. The van der Waals surface area contributed by atoms with Gasteiger partial charge in [-0.25, -0.2) is 8.78 Å². The SMILES string of the molecule is C/C=C1\Cn2cc(C(=O)NCc3ccc(F)cc3F)c(=O)c(O)c2C(=O)N1C[C@H](C)CNC(C)C. The summed E-state index contributed by atoms with van der Waals surface area (Å²) in [6.45, 7) is 8.79. The summed E-state index contributed by atoms with van der Waals surface area (Å²) in [4.78, 5) is 40.2. The molecule has 3 N–H and O–H groups in total. The molecule has 2 amide bonds. The Kier molecular flexibility index (Phi) is 8.06. The Hall–Kier alpha value is -3.53. The van der Waals surface area contributed by atoms with E-state index in [-0.39, 0.29) is 35.8 Å². The second-order valence-corrected chi connectivity index (χ2v) is 8.98. The lowest BCUT2D eigenvalue weighted by Crippen LogP contribution is -2.44. The van der Waals surface area contributed by atoms with Crippen LogP contribution in [0.15, 0.2) is 41.0 Å². The van der Waals surface area contributed by atoms with Gasteiger partial charge >= 0.3 is 0 Å². The van der Waals surface area contributed by atoms with Gasteiger partial charge < -0.3 is 25.2 Å². The first-order valence-corrected chi connectivity index (χ1v) is 11.4. The van der Waals surface area contributed by atoms with Gasteiger partial charge in [0.25, 0.3) is 11.8 Å². The third-order valence-corrected chi connectivity index (χ3v) is 5.78. The van der Waals surface area contributed by atoms with Gasteiger partial charge in [0.15, 0.2) is 11.4 Å². The van der Waals surface area contributed by atoms with Crippen LogP contribution in [-0.4, -0.2) is 45.5 Å². The topological polar surface area (TPSA) is 104 Å². The van der Waals surface area contributed by atoms with Crippen LogP contribution in [0.2, 0.25) is 0 Å². The molecule has 10 heteroatoms. The van der Waals surface area contributed by atoms with Gasteiger partial charge in [0.1, 0.15) is 17.2 Å². The minimum atomic E-state index is -1.000. The van der Waals surface area contributed by atoms with E-state index in [0.29, 0.717) is 30.9 Å². The van der Waals surface area contributed by atoms with E-state index < -0.39 is 34.6 Å². The number of benzene rings is 1. The minimum Gasteiger partial charge on any atom is -0.503 e. The summed E-state index contributed by atoms with van der Waals surface area (Å²) in [5, 5.41) is 16.3. The Labute approximate surface area is 202 Å². The molecule has 2 aromatic rings. The van der Waals surface area contributed by atoms with Crippen molar-refractivity contribution in [2.45, 2.75) is 46.8 Å². The van der Waals surface area contributed by atoms with Crippen molar-refractivity contribution >= 4 is 11.8 Å². The molecular weight excluding hydrogens is 458 g/mol. The van der Waals surface area contributed by atoms with Gasteiger partial charge in [-0.2, -0.15) is 0 Å². The van der Waals surface area contributed by atoms with E-state index in [2.05, 4.69) is 10.6 Å². The number of carbonyl (C=O) groups is 2. The Balaban J connectivity index is 1.85. The van der Waals surface area contributed by atoms with Crippen LogP contribution in [-0.2, 0) is 13.1 Å². The van der Waals surface area contributed by atoms with Gasteiger partial charge in [-0.05, 0) is 25.5 Å². The number of aromatic nitrogens is 1. The summed E-state index contributed by atoms with van der Waals surface area (Å²) in [6.07, 6.45) is 2.99. The lowest BCUT2D eigenvalue weighted by molar-refractivity contribution is 0.0735. The van der Waals surface area contributed by atoms with E-state index in [9.17, 15) is 28.3 Å². The van der Waals surface area contributed by atoms with Crippen molar-refractivity contribution in [1.82, 2.24) is 20.1 Å². The second kappa shape index (κ2) is 10.8. The van der Waals surface area contributed by atoms with E-state index >= 15 is 0 Å². The standard InChI is InChI=1S/C25H30F2N4O4/c1-5-18-12-30-13-19(24(34)29-10-16-6-7-17(26)8-20(16)27)22(32)23(33)21(30)25(35)31(18)11-15(4)9-28-14(2)3/h5-8,13-15,28,33H,9-12H2,1-4H3,(H,29,34)/b18-5+/t15-/m1/s1. The van der Waals surface area contributed by atoms with Crippen molar-refractivity contribution in [2.24, 2.45) is 5.92 Å². The molecule has 0 unspecified atom stereocenters. The Morgan fingerprint density at radius 2 is 1.94 bits per heavy atom. The fraction of sp³-hybridized carbons (Fsp3) is 0.400. The van der Waals surface area contributed by atoms with Gasteiger partial charge in [-0.15, -0.1) is 0 Å². The maximum Gasteiger partial charge on any atom is 0.278 e. The largest absolute Gasteiger partial charge is 0.503 e. The van der Waals surface area contributed by atoms with Crippen LogP contribution in [0.4, 0.5) is 8.78 Å². The highest BCUT2D eigenvalue weighted by Gasteiger charge is 2.33. The minimum absolute atomic E-state index is 0.0325. The number of amides is 2. The highest BCUT2D eigenvalue weighted by atomic mass is 19.1. The molecule has 0 radical (unpaired) electrons. The first-order valence-electron chi connectivity index (χ1n) is 11.4. The molecule has 0 fully saturated rings. The summed E-state index contributed by atoms with van der Waals surface area (Å²) in [5.74, 6) is -3.68. The van der Waals surface area contributed by atoms with Crippen LogP contribution < -0.4 is 16.1 Å². The van der Waals surface area contributed by atoms with E-state index in [1.165, 1.54) is 21.7 Å². The summed E-state index contributed by atoms with van der Waals surface area (Å²) < 4.78 is 28.3. The van der Waals surface area contributed by atoms with Crippen LogP contribution in [0, 0.1) is 17.6 Å². The molecule has 1 aromatic heterocycles. The van der Waals surface area contributed by atoms with Crippen molar-refractivity contribution in [1.29, 1.82) is 0 Å². The Bertz CT molecular complexity index is 1220. The molecule has 1 atom stereocenters. The first-order chi connectivity index (χ1) is 16.5. The van der Waals surface area contributed by atoms with E-state index in [4.69, 9.17) is 0 Å². The van der Waals surface area contributed by atoms with Crippen molar-refractivity contribution in [2.75, 3.05) is 13.1 Å². The van der Waals surface area contributed by atoms with E-state index in [0.717, 1.165) is 6.07 Å². The average Bonchev–Trinajstić information content (AvgIpc) is 2.80. The monoisotopic (exact) mass is 488 g/mol. The van der Waals surface area contributed by atoms with Crippen molar-refractivity contribution < 1.29 is 23.5 Å². The number of fused-ring (bicyclic) bond motifs is 1. The van der Waals surface area contributed by atoms with Crippen molar-refractivity contribution in [3.8, 4) is 5.75 Å². The average molecular weight is 489 g/mol. The number of allylic oxidation sites excluding steroid dienone is 2. The summed E-state index contributed by atoms with van der Waals surface area (Å²) in [7, 11) is 0. The van der Waals surface area contributed by atoms with Crippen LogP contribution in [0.3, 0.4) is 0 Å². The third-order valence-electron chi connectivity index (χ3n) is 5.78. The quantitative estimate of drug-likeness (QED) is 0.530.